The van der Waals surface area contributed by atoms with E-state index >= 15 is 0 Å². The molecule has 3 aromatic rings. The van der Waals surface area contributed by atoms with Crippen LogP contribution in [0.5, 0.6) is 5.75 Å². The molecule has 0 saturated heterocycles. The highest BCUT2D eigenvalue weighted by molar-refractivity contribution is 6.38. The lowest BCUT2D eigenvalue weighted by Crippen LogP contribution is -2.24. The maximum atomic E-state index is 12.6. The lowest BCUT2D eigenvalue weighted by atomic mass is 10.1. The van der Waals surface area contributed by atoms with Gasteiger partial charge >= 0.3 is 0 Å². The Morgan fingerprint density at radius 2 is 2.08 bits per heavy atom. The molecule has 2 heterocycles. The van der Waals surface area contributed by atoms with Crippen LogP contribution in [0.4, 0.5) is 0 Å². The second-order valence-corrected chi connectivity index (χ2v) is 6.65. The van der Waals surface area contributed by atoms with Crippen molar-refractivity contribution in [3.8, 4) is 5.75 Å². The van der Waals surface area contributed by atoms with Gasteiger partial charge in [-0.05, 0) is 35.9 Å². The minimum atomic E-state index is -0.354. The summed E-state index contributed by atoms with van der Waals surface area (Å²) in [7, 11) is 0. The Bertz CT molecular complexity index is 1080. The second-order valence-electron chi connectivity index (χ2n) is 5.81. The summed E-state index contributed by atoms with van der Waals surface area (Å²) >= 11 is 12.0. The van der Waals surface area contributed by atoms with Gasteiger partial charge in [-0.15, -0.1) is 0 Å². The molecule has 0 fully saturated rings. The predicted octanol–water partition coefficient (Wildman–Crippen LogP) is 3.52. The highest BCUT2D eigenvalue weighted by Gasteiger charge is 2.16. The van der Waals surface area contributed by atoms with Crippen LogP contribution in [0, 0.1) is 0 Å². The molecule has 0 saturated carbocycles. The Morgan fingerprint density at radius 1 is 1.24 bits per heavy atom. The maximum absolute atomic E-state index is 12.6. The molecule has 2 aromatic carbocycles. The molecular formula is C18H12Cl2N2O3. The molecule has 5 nitrogen and oxygen atoms in total. The largest absolute Gasteiger partial charge is 0.493 e. The molecule has 1 aliphatic rings. The van der Waals surface area contributed by atoms with Crippen molar-refractivity contribution in [2.45, 2.75) is 13.0 Å². The van der Waals surface area contributed by atoms with Gasteiger partial charge < -0.3 is 4.74 Å². The number of hydrogen-bond donors (Lipinski definition) is 0. The maximum Gasteiger partial charge on any atom is 0.261 e. The van der Waals surface area contributed by atoms with Gasteiger partial charge in [-0.25, -0.2) is 4.98 Å². The molecular weight excluding hydrogens is 363 g/mol. The number of ether oxygens (including phenoxy) is 1. The number of halogens is 2. The van der Waals surface area contributed by atoms with E-state index in [9.17, 15) is 9.59 Å². The van der Waals surface area contributed by atoms with Crippen LogP contribution in [-0.2, 0) is 13.0 Å². The normalized spacial score (nSPS) is 12.9. The van der Waals surface area contributed by atoms with Gasteiger partial charge in [0, 0.05) is 17.0 Å². The zero-order valence-corrected chi connectivity index (χ0v) is 14.5. The van der Waals surface area contributed by atoms with Crippen LogP contribution < -0.4 is 10.3 Å². The smallest absolute Gasteiger partial charge is 0.261 e. The first-order chi connectivity index (χ1) is 12.0. The summed E-state index contributed by atoms with van der Waals surface area (Å²) in [6, 6.07) is 8.35. The molecule has 4 rings (SSSR count). The molecule has 1 aromatic heterocycles. The fourth-order valence-electron chi connectivity index (χ4n) is 2.91. The summed E-state index contributed by atoms with van der Waals surface area (Å²) in [4.78, 5) is 29.4. The van der Waals surface area contributed by atoms with Crippen molar-refractivity contribution in [1.29, 1.82) is 0 Å². The Kier molecular flexibility index (Phi) is 3.98. The molecule has 0 atom stereocenters. The van der Waals surface area contributed by atoms with E-state index in [0.717, 1.165) is 17.7 Å². The van der Waals surface area contributed by atoms with Gasteiger partial charge in [-0.3, -0.25) is 14.2 Å². The van der Waals surface area contributed by atoms with E-state index in [1.54, 1.807) is 12.1 Å². The van der Waals surface area contributed by atoms with E-state index in [2.05, 4.69) is 4.98 Å². The lowest BCUT2D eigenvalue weighted by Gasteiger charge is -2.08. The van der Waals surface area contributed by atoms with Crippen molar-refractivity contribution >= 4 is 39.9 Å². The van der Waals surface area contributed by atoms with Gasteiger partial charge in [0.25, 0.3) is 5.56 Å². The van der Waals surface area contributed by atoms with Crippen LogP contribution in [0.3, 0.4) is 0 Å². The number of benzene rings is 2. The third-order valence-electron chi connectivity index (χ3n) is 4.17. The minimum Gasteiger partial charge on any atom is -0.493 e. The number of hydrogen-bond acceptors (Lipinski definition) is 4. The second kappa shape index (κ2) is 6.17. The Morgan fingerprint density at radius 3 is 2.92 bits per heavy atom. The molecule has 25 heavy (non-hydrogen) atoms. The van der Waals surface area contributed by atoms with Crippen molar-refractivity contribution in [1.82, 2.24) is 9.55 Å². The summed E-state index contributed by atoms with van der Waals surface area (Å²) < 4.78 is 6.70. The molecule has 0 amide bonds. The zero-order chi connectivity index (χ0) is 17.6. The highest BCUT2D eigenvalue weighted by atomic mass is 35.5. The van der Waals surface area contributed by atoms with E-state index in [1.165, 1.54) is 23.0 Å². The number of aromatic nitrogens is 2. The molecule has 0 aliphatic carbocycles. The Labute approximate surface area is 152 Å². The molecule has 7 heteroatoms. The quantitative estimate of drug-likeness (QED) is 0.658. The first kappa shape index (κ1) is 16.1. The third-order valence-corrected chi connectivity index (χ3v) is 4.68. The van der Waals surface area contributed by atoms with Crippen LogP contribution in [0.15, 0.2) is 41.5 Å². The first-order valence-electron chi connectivity index (χ1n) is 7.66. The number of carbonyl (C=O) groups excluding carboxylic acids is 1. The van der Waals surface area contributed by atoms with Gasteiger partial charge in [-0.1, -0.05) is 23.2 Å². The van der Waals surface area contributed by atoms with E-state index in [4.69, 9.17) is 27.9 Å². The van der Waals surface area contributed by atoms with Crippen LogP contribution >= 0.6 is 23.2 Å². The molecule has 0 radical (unpaired) electrons. The molecule has 0 unspecified atom stereocenters. The summed E-state index contributed by atoms with van der Waals surface area (Å²) in [5.74, 6) is 0.636. The van der Waals surface area contributed by atoms with Gasteiger partial charge in [0.2, 0.25) is 0 Å². The number of nitrogens with zero attached hydrogens (tertiary/aromatic N) is 2. The van der Waals surface area contributed by atoms with Crippen LogP contribution in [0.25, 0.3) is 10.9 Å². The average molecular weight is 375 g/mol. The minimum absolute atomic E-state index is 0.106. The van der Waals surface area contributed by atoms with E-state index in [0.29, 0.717) is 27.7 Å². The molecule has 0 N–H and O–H groups in total. The fourth-order valence-corrected chi connectivity index (χ4v) is 3.46. The molecule has 0 spiro atoms. The van der Waals surface area contributed by atoms with Crippen molar-refractivity contribution < 1.29 is 9.53 Å². The lowest BCUT2D eigenvalue weighted by molar-refractivity contribution is 0.0970. The topological polar surface area (TPSA) is 61.2 Å². The van der Waals surface area contributed by atoms with Gasteiger partial charge in [0.05, 0.1) is 35.4 Å². The Hall–Kier alpha value is -2.37. The van der Waals surface area contributed by atoms with Crippen molar-refractivity contribution in [2.24, 2.45) is 0 Å². The van der Waals surface area contributed by atoms with Crippen LogP contribution in [0.1, 0.15) is 15.9 Å². The summed E-state index contributed by atoms with van der Waals surface area (Å²) in [5.41, 5.74) is 1.57. The first-order valence-corrected chi connectivity index (χ1v) is 8.41. The summed E-state index contributed by atoms with van der Waals surface area (Å²) in [5, 5.41) is 0.936. The van der Waals surface area contributed by atoms with Gasteiger partial charge in [0.1, 0.15) is 5.75 Å². The molecule has 126 valence electrons. The summed E-state index contributed by atoms with van der Waals surface area (Å²) in [6.45, 7) is 0.522. The highest BCUT2D eigenvalue weighted by Crippen LogP contribution is 2.26. The zero-order valence-electron chi connectivity index (χ0n) is 13.0. The van der Waals surface area contributed by atoms with Crippen LogP contribution in [0.2, 0.25) is 10.0 Å². The van der Waals surface area contributed by atoms with Gasteiger partial charge in [-0.2, -0.15) is 0 Å². The number of carbonyl (C=O) groups is 1. The van der Waals surface area contributed by atoms with Crippen molar-refractivity contribution in [3.63, 3.8) is 0 Å². The van der Waals surface area contributed by atoms with Gasteiger partial charge in [0.15, 0.2) is 5.78 Å². The van der Waals surface area contributed by atoms with Crippen molar-refractivity contribution in [3.05, 3.63) is 68.2 Å². The van der Waals surface area contributed by atoms with E-state index in [1.807, 2.05) is 6.07 Å². The number of Topliss-reactive ketones (excluding diaryl/α,β-unsaturated/α-hetero) is 1. The fraction of sp³-hybridized carbons (Fsp3) is 0.167. The monoisotopic (exact) mass is 374 g/mol. The van der Waals surface area contributed by atoms with E-state index < -0.39 is 0 Å². The van der Waals surface area contributed by atoms with Crippen LogP contribution in [-0.4, -0.2) is 21.9 Å². The van der Waals surface area contributed by atoms with Crippen molar-refractivity contribution in [2.75, 3.05) is 6.61 Å². The Balaban J connectivity index is 1.70. The summed E-state index contributed by atoms with van der Waals surface area (Å²) in [6.07, 6.45) is 2.11. The SMILES string of the molecule is O=C(Cn1cnc2c(Cl)cc(Cl)cc2c1=O)c1ccc2c(c1)CCO2. The number of ketones is 1. The average Bonchev–Trinajstić information content (AvgIpc) is 3.05. The molecule has 0 bridgehead atoms. The number of fused-ring (bicyclic) bond motifs is 2. The molecule has 1 aliphatic heterocycles. The third kappa shape index (κ3) is 2.90. The van der Waals surface area contributed by atoms with E-state index in [-0.39, 0.29) is 23.3 Å². The predicted molar refractivity (Wildman–Crippen MR) is 96.0 cm³/mol. The number of rotatable bonds is 3. The standard InChI is InChI=1S/C18H12Cl2N2O3/c19-12-6-13-17(14(20)7-12)21-9-22(18(13)24)8-15(23)10-1-2-16-11(5-10)3-4-25-16/h1-2,5-7,9H,3-4,8H2.